The Morgan fingerprint density at radius 3 is 2.50 bits per heavy atom. The predicted octanol–water partition coefficient (Wildman–Crippen LogP) is 3.84. The molecular formula is C10H9BrF4O. The Labute approximate surface area is 98.5 Å². The van der Waals surface area contributed by atoms with Gasteiger partial charge in [-0.1, -0.05) is 15.9 Å². The third-order valence-electron chi connectivity index (χ3n) is 1.88. The van der Waals surface area contributed by atoms with Crippen molar-refractivity contribution in [2.24, 2.45) is 0 Å². The van der Waals surface area contributed by atoms with Gasteiger partial charge in [-0.05, 0) is 30.7 Å². The Balaban J connectivity index is 2.62. The summed E-state index contributed by atoms with van der Waals surface area (Å²) in [5, 5.41) is 0. The summed E-state index contributed by atoms with van der Waals surface area (Å²) in [5.41, 5.74) is 0.460. The van der Waals surface area contributed by atoms with E-state index in [2.05, 4.69) is 15.9 Å². The summed E-state index contributed by atoms with van der Waals surface area (Å²) in [5.74, 6) is -0.203. The normalized spacial score (nSPS) is 13.6. The monoisotopic (exact) mass is 300 g/mol. The van der Waals surface area contributed by atoms with E-state index in [1.165, 1.54) is 12.1 Å². The highest BCUT2D eigenvalue weighted by Crippen LogP contribution is 2.27. The van der Waals surface area contributed by atoms with Crippen LogP contribution in [0.5, 0.6) is 5.75 Å². The summed E-state index contributed by atoms with van der Waals surface area (Å²) in [7, 11) is 0. The zero-order valence-corrected chi connectivity index (χ0v) is 9.90. The lowest BCUT2D eigenvalue weighted by Gasteiger charge is -2.15. The summed E-state index contributed by atoms with van der Waals surface area (Å²) in [6.07, 6.45) is -4.35. The molecule has 0 aliphatic carbocycles. The van der Waals surface area contributed by atoms with Crippen LogP contribution < -0.4 is 4.74 Å². The van der Waals surface area contributed by atoms with Crippen molar-refractivity contribution in [1.82, 2.24) is 0 Å². The van der Waals surface area contributed by atoms with Crippen LogP contribution in [-0.2, 0) is 0 Å². The Kier molecular flexibility index (Phi) is 4.18. The Hall–Kier alpha value is -0.780. The quantitative estimate of drug-likeness (QED) is 0.609. The van der Waals surface area contributed by atoms with Crippen LogP contribution in [0.15, 0.2) is 18.2 Å². The average Bonchev–Trinajstić information content (AvgIpc) is 2.14. The SMILES string of the molecule is Cc1cc(F)ccc1OCC(Br)C(F)(F)F. The van der Waals surface area contributed by atoms with Crippen molar-refractivity contribution in [1.29, 1.82) is 0 Å². The number of halogens is 5. The number of rotatable bonds is 3. The van der Waals surface area contributed by atoms with Crippen LogP contribution in [0.1, 0.15) is 5.56 Å². The van der Waals surface area contributed by atoms with Crippen LogP contribution >= 0.6 is 15.9 Å². The number of hydrogen-bond acceptors (Lipinski definition) is 1. The Morgan fingerprint density at radius 1 is 1.38 bits per heavy atom. The highest BCUT2D eigenvalue weighted by molar-refractivity contribution is 9.09. The molecule has 90 valence electrons. The van der Waals surface area contributed by atoms with Gasteiger partial charge in [0.2, 0.25) is 0 Å². The molecule has 0 N–H and O–H groups in total. The van der Waals surface area contributed by atoms with Crippen LogP contribution in [0.25, 0.3) is 0 Å². The molecule has 1 unspecified atom stereocenters. The minimum atomic E-state index is -4.35. The third kappa shape index (κ3) is 3.66. The van der Waals surface area contributed by atoms with Crippen molar-refractivity contribution in [3.8, 4) is 5.75 Å². The van der Waals surface area contributed by atoms with Crippen molar-refractivity contribution in [3.63, 3.8) is 0 Å². The summed E-state index contributed by atoms with van der Waals surface area (Å²) >= 11 is 2.47. The Morgan fingerprint density at radius 2 is 2.00 bits per heavy atom. The first kappa shape index (κ1) is 13.3. The van der Waals surface area contributed by atoms with Gasteiger partial charge >= 0.3 is 6.18 Å². The maximum absolute atomic E-state index is 12.7. The number of ether oxygens (including phenoxy) is 1. The molecule has 0 spiro atoms. The van der Waals surface area contributed by atoms with Crippen LogP contribution in [-0.4, -0.2) is 17.6 Å². The summed E-state index contributed by atoms with van der Waals surface area (Å²) in [4.78, 5) is -1.73. The molecule has 6 heteroatoms. The van der Waals surface area contributed by atoms with E-state index in [1.807, 2.05) is 0 Å². The van der Waals surface area contributed by atoms with Gasteiger partial charge in [0, 0.05) is 0 Å². The molecule has 16 heavy (non-hydrogen) atoms. The lowest BCUT2D eigenvalue weighted by atomic mass is 10.2. The van der Waals surface area contributed by atoms with E-state index in [0.29, 0.717) is 5.56 Å². The van der Waals surface area contributed by atoms with Crippen molar-refractivity contribution < 1.29 is 22.3 Å². The molecule has 1 rings (SSSR count). The molecule has 1 aromatic rings. The van der Waals surface area contributed by atoms with Crippen LogP contribution in [0.4, 0.5) is 17.6 Å². The van der Waals surface area contributed by atoms with E-state index >= 15 is 0 Å². The minimum absolute atomic E-state index is 0.245. The van der Waals surface area contributed by atoms with Crippen molar-refractivity contribution in [2.75, 3.05) is 6.61 Å². The van der Waals surface area contributed by atoms with Crippen LogP contribution in [0.3, 0.4) is 0 Å². The standard InChI is InChI=1S/C10H9BrF4O/c1-6-4-7(12)2-3-8(6)16-5-9(11)10(13,14)15/h2-4,9H,5H2,1H3. The van der Waals surface area contributed by atoms with Gasteiger partial charge in [0.15, 0.2) is 0 Å². The predicted molar refractivity (Wildman–Crippen MR) is 55.4 cm³/mol. The molecule has 0 fully saturated rings. The number of benzene rings is 1. The molecule has 1 nitrogen and oxygen atoms in total. The first-order valence-electron chi connectivity index (χ1n) is 4.40. The lowest BCUT2D eigenvalue weighted by molar-refractivity contribution is -0.132. The molecule has 0 aliphatic rings. The molecule has 0 saturated carbocycles. The molecular weight excluding hydrogens is 292 g/mol. The molecule has 0 heterocycles. The van der Waals surface area contributed by atoms with E-state index in [1.54, 1.807) is 6.92 Å². The van der Waals surface area contributed by atoms with E-state index in [0.717, 1.165) is 6.07 Å². The van der Waals surface area contributed by atoms with Gasteiger partial charge in [-0.15, -0.1) is 0 Å². The zero-order chi connectivity index (χ0) is 12.3. The second-order valence-electron chi connectivity index (χ2n) is 3.23. The van der Waals surface area contributed by atoms with Gasteiger partial charge in [0.1, 0.15) is 23.0 Å². The molecule has 0 radical (unpaired) electrons. The second kappa shape index (κ2) is 5.03. The van der Waals surface area contributed by atoms with Gasteiger partial charge in [-0.2, -0.15) is 13.2 Å². The van der Waals surface area contributed by atoms with Crippen molar-refractivity contribution in [3.05, 3.63) is 29.6 Å². The van der Waals surface area contributed by atoms with Crippen molar-refractivity contribution in [2.45, 2.75) is 17.9 Å². The summed E-state index contributed by atoms with van der Waals surface area (Å²) < 4.78 is 54.0. The fourth-order valence-electron chi connectivity index (χ4n) is 1.03. The first-order chi connectivity index (χ1) is 7.30. The molecule has 1 atom stereocenters. The molecule has 1 aromatic carbocycles. The van der Waals surface area contributed by atoms with Crippen molar-refractivity contribution >= 4 is 15.9 Å². The lowest BCUT2D eigenvalue weighted by Crippen LogP contribution is -2.28. The molecule has 0 aromatic heterocycles. The highest BCUT2D eigenvalue weighted by atomic mass is 79.9. The number of hydrogen-bond donors (Lipinski definition) is 0. The fraction of sp³-hybridized carbons (Fsp3) is 0.400. The maximum atomic E-state index is 12.7. The van der Waals surface area contributed by atoms with Crippen LogP contribution in [0, 0.1) is 12.7 Å². The molecule has 0 saturated heterocycles. The molecule has 0 bridgehead atoms. The topological polar surface area (TPSA) is 9.23 Å². The third-order valence-corrected chi connectivity index (χ3v) is 2.66. The van der Waals surface area contributed by atoms with E-state index in [-0.39, 0.29) is 5.75 Å². The van der Waals surface area contributed by atoms with Gasteiger partial charge in [0.05, 0.1) is 0 Å². The first-order valence-corrected chi connectivity index (χ1v) is 5.32. The highest BCUT2D eigenvalue weighted by Gasteiger charge is 2.38. The van der Waals surface area contributed by atoms with E-state index in [4.69, 9.17) is 4.74 Å². The zero-order valence-electron chi connectivity index (χ0n) is 8.31. The Bertz CT molecular complexity index is 364. The van der Waals surface area contributed by atoms with E-state index < -0.39 is 23.4 Å². The second-order valence-corrected chi connectivity index (χ2v) is 4.34. The number of aryl methyl sites for hydroxylation is 1. The largest absolute Gasteiger partial charge is 0.492 e. The van der Waals surface area contributed by atoms with Gasteiger partial charge in [-0.25, -0.2) is 4.39 Å². The summed E-state index contributed by atoms with van der Waals surface area (Å²) in [6, 6.07) is 3.64. The van der Waals surface area contributed by atoms with Crippen LogP contribution in [0.2, 0.25) is 0 Å². The summed E-state index contributed by atoms with van der Waals surface area (Å²) in [6.45, 7) is 1.02. The van der Waals surface area contributed by atoms with E-state index in [9.17, 15) is 17.6 Å². The van der Waals surface area contributed by atoms with Gasteiger partial charge in [-0.3, -0.25) is 0 Å². The molecule has 0 aliphatic heterocycles. The minimum Gasteiger partial charge on any atom is -0.492 e. The van der Waals surface area contributed by atoms with Gasteiger partial charge in [0.25, 0.3) is 0 Å². The molecule has 0 amide bonds. The smallest absolute Gasteiger partial charge is 0.404 e. The fourth-order valence-corrected chi connectivity index (χ4v) is 1.16. The number of alkyl halides is 4. The van der Waals surface area contributed by atoms with Gasteiger partial charge < -0.3 is 4.74 Å². The average molecular weight is 301 g/mol. The maximum Gasteiger partial charge on any atom is 0.404 e.